The minimum atomic E-state index is -0.990. The second-order valence-electron chi connectivity index (χ2n) is 25.5. The van der Waals surface area contributed by atoms with E-state index in [1.807, 2.05) is 18.0 Å². The molecule has 2 aromatic heterocycles. The number of carbonyl (C=O) groups is 3. The van der Waals surface area contributed by atoms with Crippen LogP contribution in [-0.4, -0.2) is 90.1 Å². The lowest BCUT2D eigenvalue weighted by atomic mass is 9.84. The topological polar surface area (TPSA) is 132 Å². The van der Waals surface area contributed by atoms with E-state index < -0.39 is 18.1 Å². The number of hydrogen-bond donors (Lipinski definition) is 0. The zero-order valence-corrected chi connectivity index (χ0v) is 49.3. The molecule has 434 valence electrons. The number of hydrogen-bond acceptors (Lipinski definition) is 9. The summed E-state index contributed by atoms with van der Waals surface area (Å²) in [4.78, 5) is 63.6. The van der Waals surface area contributed by atoms with E-state index >= 15 is 0 Å². The number of ketones is 2. The molecule has 1 amide bonds. The number of aryl methyl sites for hydroxylation is 3. The summed E-state index contributed by atoms with van der Waals surface area (Å²) in [5, 5.41) is 6.95. The van der Waals surface area contributed by atoms with Crippen molar-refractivity contribution in [2.24, 2.45) is 0 Å². The molecule has 1 fully saturated rings. The van der Waals surface area contributed by atoms with Gasteiger partial charge in [-0.1, -0.05) is 73.9 Å². The quantitative estimate of drug-likeness (QED) is 0.0666. The molecule has 8 aliphatic rings. The van der Waals surface area contributed by atoms with Crippen molar-refractivity contribution in [1.29, 1.82) is 0 Å². The summed E-state index contributed by atoms with van der Waals surface area (Å²) in [5.74, 6) is 2.59. The maximum Gasteiger partial charge on any atom is 0.373 e. The summed E-state index contributed by atoms with van der Waals surface area (Å²) in [6.45, 7) is 6.60. The predicted molar refractivity (Wildman–Crippen MR) is 328 cm³/mol. The SMILES string of the molecule is CO[C@@H]1C(N(C)C(=O)CCCCCCCC(=O)c2cccc(C3=c4cc5c6c(c4Oc4c3cc3c7c4CCCN7CCCC3)CCC[N+]=6CCCC5)c2)C[C@H]2O[C@]1(C)n1c3ccccc3c3c4c(c5c6ccccc6n2c5c31)C(=O)CC4.O=C=O. The van der Waals surface area contributed by atoms with Gasteiger partial charge in [0.15, 0.2) is 17.3 Å². The van der Waals surface area contributed by atoms with E-state index in [0.29, 0.717) is 32.1 Å². The van der Waals surface area contributed by atoms with Crippen LogP contribution in [0.5, 0.6) is 11.5 Å². The molecule has 4 atom stereocenters. The molecule has 0 spiro atoms. The van der Waals surface area contributed by atoms with Gasteiger partial charge in [-0.25, -0.2) is 4.58 Å². The van der Waals surface area contributed by atoms with E-state index in [1.165, 1.54) is 75.3 Å². The summed E-state index contributed by atoms with van der Waals surface area (Å²) < 4.78 is 28.7. The van der Waals surface area contributed by atoms with Gasteiger partial charge in [0.1, 0.15) is 36.9 Å². The monoisotopic (exact) mass is 1140 g/mol. The summed E-state index contributed by atoms with van der Waals surface area (Å²) in [6.07, 6.45) is 17.7. The highest BCUT2D eigenvalue weighted by Gasteiger charge is 2.55. The fraction of sp³-hybridized carbons (Fsp3) is 0.431. The van der Waals surface area contributed by atoms with Crippen molar-refractivity contribution in [3.05, 3.63) is 146 Å². The van der Waals surface area contributed by atoms with Crippen molar-refractivity contribution in [2.75, 3.05) is 45.2 Å². The van der Waals surface area contributed by atoms with E-state index in [4.69, 9.17) is 23.8 Å². The van der Waals surface area contributed by atoms with Gasteiger partial charge in [0.05, 0.1) is 33.7 Å². The van der Waals surface area contributed by atoms with Crippen LogP contribution in [-0.2, 0) is 61.7 Å². The van der Waals surface area contributed by atoms with Crippen molar-refractivity contribution >= 4 is 78.5 Å². The first-order valence-electron chi connectivity index (χ1n) is 31.7. The second-order valence-corrected chi connectivity index (χ2v) is 25.5. The molecule has 1 saturated heterocycles. The molecular weight excluding hydrogens is 1060 g/mol. The first-order chi connectivity index (χ1) is 41.6. The van der Waals surface area contributed by atoms with E-state index in [2.05, 4.69) is 104 Å². The molecular formula is C72H74N5O8+. The second kappa shape index (κ2) is 21.4. The van der Waals surface area contributed by atoms with E-state index in [-0.39, 0.29) is 29.7 Å². The molecule has 9 heterocycles. The largest absolute Gasteiger partial charge is 0.455 e. The zero-order chi connectivity index (χ0) is 57.8. The number of para-hydroxylation sites is 2. The normalized spacial score (nSPS) is 21.5. The van der Waals surface area contributed by atoms with Gasteiger partial charge in [-0.3, -0.25) is 14.4 Å². The van der Waals surface area contributed by atoms with Crippen LogP contribution in [0.25, 0.3) is 49.2 Å². The number of fused-ring (bicyclic) bond motifs is 17. The predicted octanol–water partition coefficient (Wildman–Crippen LogP) is 11.7. The zero-order valence-electron chi connectivity index (χ0n) is 49.3. The van der Waals surface area contributed by atoms with Crippen LogP contribution in [0.4, 0.5) is 5.69 Å². The van der Waals surface area contributed by atoms with Crippen LogP contribution in [0.15, 0.2) is 84.9 Å². The van der Waals surface area contributed by atoms with Crippen LogP contribution in [0, 0.1) is 0 Å². The van der Waals surface area contributed by atoms with Gasteiger partial charge in [-0.2, -0.15) is 9.59 Å². The number of amides is 1. The van der Waals surface area contributed by atoms with E-state index in [0.717, 1.165) is 174 Å². The third-order valence-corrected chi connectivity index (χ3v) is 20.8. The van der Waals surface area contributed by atoms with Gasteiger partial charge < -0.3 is 33.1 Å². The number of rotatable bonds is 12. The molecule has 8 aromatic rings. The van der Waals surface area contributed by atoms with Crippen molar-refractivity contribution in [3.8, 4) is 11.5 Å². The van der Waals surface area contributed by atoms with Crippen LogP contribution >= 0.6 is 0 Å². The molecule has 13 heteroatoms. The Morgan fingerprint density at radius 2 is 1.46 bits per heavy atom. The van der Waals surface area contributed by atoms with Gasteiger partial charge in [-0.15, -0.1) is 0 Å². The number of methoxy groups -OCH3 is 1. The number of ether oxygens (including phenoxy) is 3. The molecule has 1 unspecified atom stereocenters. The first kappa shape index (κ1) is 54.0. The number of carbonyl (C=O) groups excluding carboxylic acids is 5. The number of anilines is 1. The Balaban J connectivity index is 0.00000200. The van der Waals surface area contributed by atoms with Crippen LogP contribution in [0.3, 0.4) is 0 Å². The summed E-state index contributed by atoms with van der Waals surface area (Å²) in [6, 6.07) is 30.1. The van der Waals surface area contributed by atoms with Crippen molar-refractivity contribution < 1.29 is 38.2 Å². The lowest BCUT2D eigenvalue weighted by Gasteiger charge is -2.50. The molecule has 0 saturated carbocycles. The Hall–Kier alpha value is -7.70. The van der Waals surface area contributed by atoms with Gasteiger partial charge >= 0.3 is 6.15 Å². The fourth-order valence-electron chi connectivity index (χ4n) is 17.2. The molecule has 6 aromatic carbocycles. The van der Waals surface area contributed by atoms with Gasteiger partial charge in [0.2, 0.25) is 11.3 Å². The maximum atomic E-state index is 14.5. The van der Waals surface area contributed by atoms with E-state index in [1.54, 1.807) is 7.11 Å². The lowest BCUT2D eigenvalue weighted by Crippen LogP contribution is -2.61. The van der Waals surface area contributed by atoms with Crippen LogP contribution < -0.4 is 24.8 Å². The fourth-order valence-corrected chi connectivity index (χ4v) is 17.2. The highest BCUT2D eigenvalue weighted by molar-refractivity contribution is 6.31. The Kier molecular flexibility index (Phi) is 13.6. The summed E-state index contributed by atoms with van der Waals surface area (Å²) in [7, 11) is 3.70. The number of benzene rings is 6. The van der Waals surface area contributed by atoms with Crippen molar-refractivity contribution in [2.45, 2.75) is 159 Å². The number of unbranched alkanes of at least 4 members (excludes halogenated alkanes) is 4. The standard InChI is InChI=1S/C71H74N5O6.CO2/c1-71-70(80-3)55(41-59(82-71)75-53-28-11-9-24-46(53)63-62-48(32-33-57(62)78)61-47-25-10-12-29-54(47)76(71)67(61)66(63)75)72(2)58(79)31-8-6-4-5-7-30-56(77)42-22-17-23-43(38-42)60-51-39-44-20-13-15-34-73-36-18-26-49(64(44)73)68(51)81-69-50-27-19-37-74-35-16-14-21-45(65(50)74)40-52(60)69;2-1-3/h9-12,17,22-25,28-29,38-40,55,59,70H,4-8,13-16,18-21,26-27,30-37,41H2,1-3H3;/q+1;/t55?,59-,70-,71+;/m1./s1. The minimum Gasteiger partial charge on any atom is -0.455 e. The Morgan fingerprint density at radius 1 is 0.729 bits per heavy atom. The minimum absolute atomic E-state index is 0.0951. The van der Waals surface area contributed by atoms with Crippen LogP contribution in [0.2, 0.25) is 0 Å². The number of likely N-dealkylation sites (N-methyl/N-ethyl adjacent to an activating group) is 1. The lowest BCUT2D eigenvalue weighted by molar-refractivity contribution is -0.266. The maximum absolute atomic E-state index is 14.5. The van der Waals surface area contributed by atoms with Crippen molar-refractivity contribution in [3.63, 3.8) is 0 Å². The molecule has 7 aliphatic heterocycles. The smallest absolute Gasteiger partial charge is 0.373 e. The molecule has 0 N–H and O–H groups in total. The highest BCUT2D eigenvalue weighted by Crippen LogP contribution is 2.55. The third-order valence-electron chi connectivity index (χ3n) is 20.8. The number of Topliss-reactive ketones (excluding diaryl/α,β-unsaturated/α-hetero) is 2. The Morgan fingerprint density at radius 3 is 2.29 bits per heavy atom. The first-order valence-corrected chi connectivity index (χ1v) is 31.7. The molecule has 16 rings (SSSR count). The Labute approximate surface area is 494 Å². The Bertz CT molecular complexity index is 4330. The third kappa shape index (κ3) is 8.37. The average Bonchev–Trinajstić information content (AvgIpc) is 1.57. The van der Waals surface area contributed by atoms with Crippen LogP contribution in [0.1, 0.15) is 169 Å². The molecule has 1 aliphatic carbocycles. The highest BCUT2D eigenvalue weighted by atomic mass is 16.6. The summed E-state index contributed by atoms with van der Waals surface area (Å²) in [5.41, 5.74) is 16.6. The van der Waals surface area contributed by atoms with Gasteiger partial charge in [0.25, 0.3) is 0 Å². The molecule has 85 heavy (non-hydrogen) atoms. The van der Waals surface area contributed by atoms with Gasteiger partial charge in [-0.05, 0) is 125 Å². The van der Waals surface area contributed by atoms with Crippen molar-refractivity contribution in [1.82, 2.24) is 18.6 Å². The van der Waals surface area contributed by atoms with Gasteiger partial charge in [0, 0.05) is 132 Å². The molecule has 13 nitrogen and oxygen atoms in total. The molecule has 0 radical (unpaired) electrons. The van der Waals surface area contributed by atoms with E-state index in [9.17, 15) is 14.4 Å². The summed E-state index contributed by atoms with van der Waals surface area (Å²) >= 11 is 0. The molecule has 2 bridgehead atoms. The number of nitrogens with zero attached hydrogens (tertiary/aromatic N) is 5. The number of aromatic nitrogens is 2. The average molecular weight is 1140 g/mol.